The van der Waals surface area contributed by atoms with E-state index in [9.17, 15) is 4.79 Å². The summed E-state index contributed by atoms with van der Waals surface area (Å²) in [6.45, 7) is 1.10. The maximum atomic E-state index is 14.7. The number of amides is 1. The van der Waals surface area contributed by atoms with E-state index in [1.807, 2.05) is 78.0 Å². The molecule has 1 atom stereocenters. The number of hydrogen-bond donors (Lipinski definition) is 3. The number of hydrogen-bond acceptors (Lipinski definition) is 13. The summed E-state index contributed by atoms with van der Waals surface area (Å²) in [6, 6.07) is 19.4. The van der Waals surface area contributed by atoms with Gasteiger partial charge in [-0.25, -0.2) is 29.0 Å². The molecule has 0 spiro atoms. The zero-order valence-corrected chi connectivity index (χ0v) is 34.6. The maximum absolute atomic E-state index is 14.7. The van der Waals surface area contributed by atoms with Crippen LogP contribution in [0.5, 0.6) is 11.5 Å². The molecule has 0 bridgehead atoms. The molecule has 6 aromatic heterocycles. The zero-order valence-electron chi connectivity index (χ0n) is 33.1. The van der Waals surface area contributed by atoms with E-state index < -0.39 is 6.17 Å². The van der Waals surface area contributed by atoms with Gasteiger partial charge in [-0.3, -0.25) is 10.1 Å². The molecular weight excluding hydrogens is 817 g/mol. The van der Waals surface area contributed by atoms with Crippen LogP contribution in [0.15, 0.2) is 97.8 Å². The lowest BCUT2D eigenvalue weighted by atomic mass is 10.1. The molecule has 18 heteroatoms. The van der Waals surface area contributed by atoms with E-state index in [2.05, 4.69) is 41.0 Å². The van der Waals surface area contributed by atoms with E-state index in [0.29, 0.717) is 82.1 Å². The van der Waals surface area contributed by atoms with Crippen molar-refractivity contribution in [3.05, 3.63) is 119 Å². The second kappa shape index (κ2) is 15.5. The number of likely N-dealkylation sites (N-methyl/N-ethyl adjacent to an activating group) is 1. The molecule has 0 radical (unpaired) electrons. The molecule has 16 nitrogen and oxygen atoms in total. The molecule has 2 aliphatic rings. The van der Waals surface area contributed by atoms with Crippen molar-refractivity contribution in [1.29, 1.82) is 0 Å². The number of fused-ring (bicyclic) bond motifs is 4. The third-order valence-corrected chi connectivity index (χ3v) is 11.6. The number of halogens is 2. The SMILES string of the molecule is CNC(C(=O)N1CCc2cc(OC)c(Nc3ncc(Cl)c(-c4cnn5ccccc45)n3)cc21)N1CCc2cc(OC)c(Nc3ncc(Cl)c(-c4cnn5ccccc45)n3)cc21. The van der Waals surface area contributed by atoms with Gasteiger partial charge in [0.2, 0.25) is 11.9 Å². The number of aromatic nitrogens is 8. The molecule has 306 valence electrons. The number of carbonyl (C=O) groups excluding carboxylic acids is 1. The first-order chi connectivity index (χ1) is 29.8. The summed E-state index contributed by atoms with van der Waals surface area (Å²) in [5.41, 5.74) is 9.24. The Morgan fingerprint density at radius 2 is 1.23 bits per heavy atom. The van der Waals surface area contributed by atoms with E-state index in [1.165, 1.54) is 0 Å². The summed E-state index contributed by atoms with van der Waals surface area (Å²) in [6.07, 6.45) is 11.0. The highest BCUT2D eigenvalue weighted by molar-refractivity contribution is 6.33. The average molecular weight is 855 g/mol. The normalized spacial score (nSPS) is 13.7. The summed E-state index contributed by atoms with van der Waals surface area (Å²) in [7, 11) is 5.02. The maximum Gasteiger partial charge on any atom is 0.264 e. The number of nitrogens with zero attached hydrogens (tertiary/aromatic N) is 10. The first-order valence-electron chi connectivity index (χ1n) is 19.4. The number of anilines is 6. The molecule has 2 aromatic carbocycles. The van der Waals surface area contributed by atoms with E-state index in [4.69, 9.17) is 42.6 Å². The third-order valence-electron chi connectivity index (χ3n) is 11.1. The van der Waals surface area contributed by atoms with Crippen molar-refractivity contribution in [2.24, 2.45) is 0 Å². The number of carbonyl (C=O) groups is 1. The third kappa shape index (κ3) is 6.74. The van der Waals surface area contributed by atoms with Crippen LogP contribution in [0, 0.1) is 0 Å². The largest absolute Gasteiger partial charge is 0.495 e. The lowest BCUT2D eigenvalue weighted by Crippen LogP contribution is -2.55. The van der Waals surface area contributed by atoms with E-state index in [1.54, 1.807) is 55.1 Å². The summed E-state index contributed by atoms with van der Waals surface area (Å²) in [5.74, 6) is 1.73. The number of rotatable bonds is 11. The Morgan fingerprint density at radius 3 is 1.77 bits per heavy atom. The van der Waals surface area contributed by atoms with Crippen molar-refractivity contribution in [3.8, 4) is 34.0 Å². The van der Waals surface area contributed by atoms with Crippen LogP contribution < -0.4 is 35.2 Å². The Bertz CT molecular complexity index is 3010. The highest BCUT2D eigenvalue weighted by Crippen LogP contribution is 2.42. The van der Waals surface area contributed by atoms with E-state index in [-0.39, 0.29) is 5.91 Å². The standard InChI is InChI=1S/C43H37Cl2N13O3/c1-46-40(55-14-10-24-16-36(60-2)30(18-34(24)55)51-42-47-22-28(44)38(53-42)26-20-49-57-12-6-4-8-32(26)57)41(59)56-15-11-25-17-37(61-3)31(19-35(25)56)52-43-48-23-29(45)39(54-43)27-21-50-58-13-7-5-9-33(27)58/h4-9,12-13,16-23,40,46H,10-11,14-15H2,1-3H3,(H,47,51,53)(H,48,52,54). The summed E-state index contributed by atoms with van der Waals surface area (Å²) >= 11 is 13.3. The summed E-state index contributed by atoms with van der Waals surface area (Å²) in [5, 5.41) is 19.6. The molecule has 0 aliphatic carbocycles. The average Bonchev–Trinajstić information content (AvgIpc) is 4.10. The number of methoxy groups -OCH3 is 2. The van der Waals surface area contributed by atoms with Crippen LogP contribution in [0.4, 0.5) is 34.6 Å². The van der Waals surface area contributed by atoms with Gasteiger partial charge in [-0.1, -0.05) is 35.3 Å². The molecule has 1 amide bonds. The Labute approximate surface area is 359 Å². The Hall–Kier alpha value is -7.01. The van der Waals surface area contributed by atoms with Gasteiger partial charge in [-0.15, -0.1) is 0 Å². The molecule has 8 heterocycles. The highest BCUT2D eigenvalue weighted by Gasteiger charge is 2.37. The molecule has 0 saturated carbocycles. The smallest absolute Gasteiger partial charge is 0.264 e. The first-order valence-corrected chi connectivity index (χ1v) is 20.2. The van der Waals surface area contributed by atoms with Gasteiger partial charge >= 0.3 is 0 Å². The number of nitrogens with one attached hydrogen (secondary N) is 3. The fourth-order valence-electron chi connectivity index (χ4n) is 8.15. The van der Waals surface area contributed by atoms with Crippen LogP contribution >= 0.6 is 23.2 Å². The van der Waals surface area contributed by atoms with Crippen molar-refractivity contribution in [1.82, 2.24) is 44.5 Å². The van der Waals surface area contributed by atoms with E-state index in [0.717, 1.165) is 44.7 Å². The number of benzene rings is 2. The van der Waals surface area contributed by atoms with Crippen LogP contribution in [-0.4, -0.2) is 85.6 Å². The fourth-order valence-corrected chi connectivity index (χ4v) is 8.54. The minimum absolute atomic E-state index is 0.104. The molecule has 1 unspecified atom stereocenters. The Kier molecular flexibility index (Phi) is 9.74. The van der Waals surface area contributed by atoms with Crippen LogP contribution in [-0.2, 0) is 17.6 Å². The van der Waals surface area contributed by atoms with Gasteiger partial charge in [0, 0.05) is 48.0 Å². The molecule has 0 saturated heterocycles. The predicted molar refractivity (Wildman–Crippen MR) is 235 cm³/mol. The Morgan fingerprint density at radius 1 is 0.705 bits per heavy atom. The van der Waals surface area contributed by atoms with Gasteiger partial charge in [0.05, 0.1) is 82.8 Å². The lowest BCUT2D eigenvalue weighted by molar-refractivity contribution is -0.120. The van der Waals surface area contributed by atoms with Gasteiger partial charge in [0.15, 0.2) is 6.17 Å². The van der Waals surface area contributed by atoms with Crippen molar-refractivity contribution in [3.63, 3.8) is 0 Å². The van der Waals surface area contributed by atoms with Crippen LogP contribution in [0.3, 0.4) is 0 Å². The van der Waals surface area contributed by atoms with Gasteiger partial charge in [0.25, 0.3) is 5.91 Å². The van der Waals surface area contributed by atoms with Gasteiger partial charge in [0.1, 0.15) is 11.5 Å². The van der Waals surface area contributed by atoms with Crippen LogP contribution in [0.2, 0.25) is 10.0 Å². The molecule has 2 aliphatic heterocycles. The number of pyridine rings is 2. The van der Waals surface area contributed by atoms with Crippen LogP contribution in [0.1, 0.15) is 11.1 Å². The summed E-state index contributed by atoms with van der Waals surface area (Å²) < 4.78 is 15.2. The second-order valence-corrected chi connectivity index (χ2v) is 15.3. The summed E-state index contributed by atoms with van der Waals surface area (Å²) in [4.78, 5) is 37.1. The molecule has 3 N–H and O–H groups in total. The van der Waals surface area contributed by atoms with Crippen LogP contribution in [0.25, 0.3) is 33.5 Å². The highest BCUT2D eigenvalue weighted by atomic mass is 35.5. The quantitative estimate of drug-likeness (QED) is 0.120. The van der Waals surface area contributed by atoms with E-state index >= 15 is 0 Å². The topological polar surface area (TPSA) is 164 Å². The van der Waals surface area contributed by atoms with Crippen molar-refractivity contribution < 1.29 is 14.3 Å². The zero-order chi connectivity index (χ0) is 41.8. The Balaban J connectivity index is 0.926. The minimum Gasteiger partial charge on any atom is -0.495 e. The molecular formula is C43H37Cl2N13O3. The molecule has 10 rings (SSSR count). The van der Waals surface area contributed by atoms with Crippen molar-refractivity contribution in [2.45, 2.75) is 19.0 Å². The second-order valence-electron chi connectivity index (χ2n) is 14.4. The first kappa shape index (κ1) is 38.2. The van der Waals surface area contributed by atoms with Gasteiger partial charge < -0.3 is 29.9 Å². The van der Waals surface area contributed by atoms with Gasteiger partial charge in [-0.05, 0) is 79.5 Å². The van der Waals surface area contributed by atoms with Crippen molar-refractivity contribution >= 4 is 74.8 Å². The van der Waals surface area contributed by atoms with Gasteiger partial charge in [-0.2, -0.15) is 10.2 Å². The minimum atomic E-state index is -0.686. The molecule has 8 aromatic rings. The lowest BCUT2D eigenvalue weighted by Gasteiger charge is -2.32. The number of ether oxygens (including phenoxy) is 2. The predicted octanol–water partition coefficient (Wildman–Crippen LogP) is 7.20. The fraction of sp³-hybridized carbons (Fsp3) is 0.186. The molecule has 61 heavy (non-hydrogen) atoms. The molecule has 0 fully saturated rings. The van der Waals surface area contributed by atoms with Crippen molar-refractivity contribution in [2.75, 3.05) is 54.8 Å². The monoisotopic (exact) mass is 853 g/mol.